The van der Waals surface area contributed by atoms with Crippen LogP contribution in [0.25, 0.3) is 0 Å². The summed E-state index contributed by atoms with van der Waals surface area (Å²) in [5.41, 5.74) is 6.21. The first-order valence-electron chi connectivity index (χ1n) is 9.12. The molecule has 5 rings (SSSR count). The van der Waals surface area contributed by atoms with E-state index in [1.54, 1.807) is 12.1 Å². The Balaban J connectivity index is 1.67. The second kappa shape index (κ2) is 6.08. The summed E-state index contributed by atoms with van der Waals surface area (Å²) in [6.45, 7) is 0. The number of nitrogens with zero attached hydrogens (tertiary/aromatic N) is 3. The molecule has 2 N–H and O–H groups in total. The van der Waals surface area contributed by atoms with Crippen molar-refractivity contribution in [3.05, 3.63) is 23.8 Å². The number of hydrazone groups is 1. The number of benzene rings is 1. The fourth-order valence-electron chi connectivity index (χ4n) is 5.84. The van der Waals surface area contributed by atoms with Crippen LogP contribution in [0.5, 0.6) is 0 Å². The van der Waals surface area contributed by atoms with E-state index in [9.17, 15) is 0 Å². The second-order valence-electron chi connectivity index (χ2n) is 8.00. The van der Waals surface area contributed by atoms with Crippen molar-refractivity contribution in [2.24, 2.45) is 22.9 Å². The molecule has 0 amide bonds. The monoisotopic (exact) mass is 333 g/mol. The Morgan fingerprint density at radius 1 is 1.04 bits per heavy atom. The van der Waals surface area contributed by atoms with Crippen LogP contribution in [-0.2, 0) is 5.41 Å². The molecule has 0 aromatic heterocycles. The van der Waals surface area contributed by atoms with Gasteiger partial charge in [0.2, 0.25) is 5.71 Å². The van der Waals surface area contributed by atoms with Crippen LogP contribution in [0, 0.1) is 40.4 Å². The number of nitriles is 2. The van der Waals surface area contributed by atoms with E-state index in [0.29, 0.717) is 5.41 Å². The van der Waals surface area contributed by atoms with E-state index >= 15 is 0 Å². The lowest BCUT2D eigenvalue weighted by Crippen LogP contribution is -2.48. The predicted octanol–water partition coefficient (Wildman–Crippen LogP) is 4.01. The van der Waals surface area contributed by atoms with Crippen molar-refractivity contribution in [1.82, 2.24) is 0 Å². The van der Waals surface area contributed by atoms with Crippen molar-refractivity contribution in [3.8, 4) is 12.1 Å². The van der Waals surface area contributed by atoms with Gasteiger partial charge in [-0.1, -0.05) is 6.07 Å². The van der Waals surface area contributed by atoms with Gasteiger partial charge in [0, 0.05) is 7.05 Å². The molecule has 1 aromatic rings. The van der Waals surface area contributed by atoms with E-state index in [4.69, 9.17) is 10.5 Å². The van der Waals surface area contributed by atoms with Gasteiger partial charge in [-0.05, 0) is 79.4 Å². The molecule has 0 heterocycles. The van der Waals surface area contributed by atoms with Gasteiger partial charge in [-0.2, -0.15) is 15.6 Å². The molecule has 4 fully saturated rings. The highest BCUT2D eigenvalue weighted by Crippen LogP contribution is 2.61. The highest BCUT2D eigenvalue weighted by Gasteiger charge is 2.51. The first-order valence-corrected chi connectivity index (χ1v) is 9.12. The van der Waals surface area contributed by atoms with Gasteiger partial charge < -0.3 is 5.32 Å². The molecule has 0 unspecified atom stereocenters. The van der Waals surface area contributed by atoms with Crippen LogP contribution in [0.4, 0.5) is 11.4 Å². The van der Waals surface area contributed by atoms with Gasteiger partial charge in [-0.15, -0.1) is 0 Å². The summed E-state index contributed by atoms with van der Waals surface area (Å²) < 4.78 is 0. The molecule has 4 saturated carbocycles. The zero-order valence-corrected chi connectivity index (χ0v) is 14.5. The van der Waals surface area contributed by atoms with Gasteiger partial charge in [0.25, 0.3) is 0 Å². The van der Waals surface area contributed by atoms with E-state index in [1.165, 1.54) is 44.1 Å². The van der Waals surface area contributed by atoms with Crippen molar-refractivity contribution in [1.29, 1.82) is 10.5 Å². The van der Waals surface area contributed by atoms with E-state index in [1.807, 2.05) is 7.05 Å². The maximum absolute atomic E-state index is 8.88. The first-order chi connectivity index (χ1) is 12.2. The fourth-order valence-corrected chi connectivity index (χ4v) is 5.84. The molecule has 25 heavy (non-hydrogen) atoms. The summed E-state index contributed by atoms with van der Waals surface area (Å²) in [5.74, 6) is 2.69. The quantitative estimate of drug-likeness (QED) is 0.644. The Morgan fingerprint density at radius 3 is 2.16 bits per heavy atom. The Kier molecular flexibility index (Phi) is 3.88. The summed E-state index contributed by atoms with van der Waals surface area (Å²) >= 11 is 0. The first kappa shape index (κ1) is 16.0. The summed E-state index contributed by atoms with van der Waals surface area (Å²) in [6.07, 6.45) is 8.21. The molecular formula is C20H23N5. The topological polar surface area (TPSA) is 84.0 Å². The fraction of sp³-hybridized carbons (Fsp3) is 0.550. The van der Waals surface area contributed by atoms with E-state index in [-0.39, 0.29) is 5.71 Å². The molecule has 128 valence electrons. The molecule has 1 aromatic carbocycles. The summed E-state index contributed by atoms with van der Waals surface area (Å²) in [5, 5.41) is 24.9. The van der Waals surface area contributed by atoms with Crippen molar-refractivity contribution in [2.45, 2.75) is 43.9 Å². The Hall–Kier alpha value is -2.53. The van der Waals surface area contributed by atoms with E-state index in [0.717, 1.165) is 29.1 Å². The van der Waals surface area contributed by atoms with Crippen LogP contribution in [0.2, 0.25) is 0 Å². The van der Waals surface area contributed by atoms with Gasteiger partial charge in [0.15, 0.2) is 0 Å². The molecular weight excluding hydrogens is 310 g/mol. The SMILES string of the molecule is CNc1ccc(C23CC4CC(CC(C4)C2)C3)cc1NN=C(C#N)C#N. The molecule has 0 atom stereocenters. The third-order valence-electron chi connectivity index (χ3n) is 6.44. The summed E-state index contributed by atoms with van der Waals surface area (Å²) in [4.78, 5) is 0. The van der Waals surface area contributed by atoms with Crippen molar-refractivity contribution >= 4 is 17.1 Å². The largest absolute Gasteiger partial charge is 0.386 e. The van der Waals surface area contributed by atoms with E-state index < -0.39 is 0 Å². The average Bonchev–Trinajstić information content (AvgIpc) is 2.61. The number of hydrogen-bond donors (Lipinski definition) is 2. The third kappa shape index (κ3) is 2.74. The lowest BCUT2D eigenvalue weighted by molar-refractivity contribution is -0.00515. The van der Waals surface area contributed by atoms with Crippen LogP contribution >= 0.6 is 0 Å². The number of rotatable bonds is 4. The second-order valence-corrected chi connectivity index (χ2v) is 8.00. The van der Waals surface area contributed by atoms with Gasteiger partial charge in [0.1, 0.15) is 12.1 Å². The highest BCUT2D eigenvalue weighted by atomic mass is 15.3. The maximum atomic E-state index is 8.88. The lowest BCUT2D eigenvalue weighted by Gasteiger charge is -2.57. The van der Waals surface area contributed by atoms with Gasteiger partial charge in [-0.3, -0.25) is 5.43 Å². The summed E-state index contributed by atoms with van der Waals surface area (Å²) in [6, 6.07) is 10.1. The minimum Gasteiger partial charge on any atom is -0.386 e. The van der Waals surface area contributed by atoms with Crippen molar-refractivity contribution in [3.63, 3.8) is 0 Å². The molecule has 5 heteroatoms. The van der Waals surface area contributed by atoms with Crippen LogP contribution in [0.3, 0.4) is 0 Å². The molecule has 0 spiro atoms. The number of nitrogens with one attached hydrogen (secondary N) is 2. The van der Waals surface area contributed by atoms with Crippen molar-refractivity contribution < 1.29 is 0 Å². The molecule has 5 nitrogen and oxygen atoms in total. The predicted molar refractivity (Wildman–Crippen MR) is 98.1 cm³/mol. The van der Waals surface area contributed by atoms with E-state index in [2.05, 4.69) is 34.0 Å². The number of hydrogen-bond acceptors (Lipinski definition) is 5. The molecule has 0 saturated heterocycles. The molecule has 0 aliphatic heterocycles. The highest BCUT2D eigenvalue weighted by molar-refractivity contribution is 6.10. The van der Waals surface area contributed by atoms with Gasteiger partial charge in [-0.25, -0.2) is 0 Å². The average molecular weight is 333 g/mol. The minimum absolute atomic E-state index is 0.165. The van der Waals surface area contributed by atoms with Crippen molar-refractivity contribution in [2.75, 3.05) is 17.8 Å². The summed E-state index contributed by atoms with van der Waals surface area (Å²) in [7, 11) is 1.87. The Labute approximate surface area is 148 Å². The standard InChI is InChI=1S/C20H23N5/c1-23-18-3-2-16(7-19(18)25-24-17(11-21)12-22)20-8-13-4-14(9-20)6-15(5-13)10-20/h2-3,7,13-15,23,25H,4-6,8-10H2,1H3. The normalized spacial score (nSPS) is 31.7. The van der Waals surface area contributed by atoms with Crippen LogP contribution < -0.4 is 10.7 Å². The zero-order valence-electron chi connectivity index (χ0n) is 14.5. The smallest absolute Gasteiger partial charge is 0.237 e. The van der Waals surface area contributed by atoms with Crippen LogP contribution in [0.1, 0.15) is 44.1 Å². The maximum Gasteiger partial charge on any atom is 0.237 e. The van der Waals surface area contributed by atoms with Crippen LogP contribution in [0.15, 0.2) is 23.3 Å². The zero-order chi connectivity index (χ0) is 17.4. The third-order valence-corrected chi connectivity index (χ3v) is 6.44. The number of anilines is 2. The Morgan fingerprint density at radius 2 is 1.64 bits per heavy atom. The van der Waals surface area contributed by atoms with Gasteiger partial charge >= 0.3 is 0 Å². The molecule has 4 aliphatic rings. The molecule has 0 radical (unpaired) electrons. The van der Waals surface area contributed by atoms with Crippen LogP contribution in [-0.4, -0.2) is 12.8 Å². The lowest BCUT2D eigenvalue weighted by atomic mass is 9.48. The van der Waals surface area contributed by atoms with Gasteiger partial charge in [0.05, 0.1) is 11.4 Å². The molecule has 4 bridgehead atoms. The molecule has 4 aliphatic carbocycles. The Bertz CT molecular complexity index is 744. The minimum atomic E-state index is -0.165.